The molecule has 1 aromatic rings. The molecule has 6 nitrogen and oxygen atoms in total. The lowest BCUT2D eigenvalue weighted by molar-refractivity contribution is 0.127. The summed E-state index contributed by atoms with van der Waals surface area (Å²) in [6.45, 7) is 13.6. The van der Waals surface area contributed by atoms with Crippen LogP contribution in [-0.4, -0.2) is 93.3 Å². The van der Waals surface area contributed by atoms with Crippen LogP contribution in [0.15, 0.2) is 35.3 Å². The Labute approximate surface area is 200 Å². The van der Waals surface area contributed by atoms with Gasteiger partial charge in [-0.3, -0.25) is 9.89 Å². The van der Waals surface area contributed by atoms with Gasteiger partial charge in [0, 0.05) is 78.5 Å². The quantitative estimate of drug-likeness (QED) is 0.231. The smallest absolute Gasteiger partial charge is 0.193 e. The second kappa shape index (κ2) is 14.2. The summed E-state index contributed by atoms with van der Waals surface area (Å²) in [6, 6.07) is 10.8. The van der Waals surface area contributed by atoms with Gasteiger partial charge < -0.3 is 19.9 Å². The van der Waals surface area contributed by atoms with E-state index in [4.69, 9.17) is 9.73 Å². The fourth-order valence-corrected chi connectivity index (χ4v) is 4.16. The highest BCUT2D eigenvalue weighted by molar-refractivity contribution is 14.0. The maximum absolute atomic E-state index is 5.51. The molecule has 2 aliphatic rings. The number of halogens is 1. The van der Waals surface area contributed by atoms with E-state index in [1.165, 1.54) is 12.0 Å². The monoisotopic (exact) mass is 529 g/mol. The van der Waals surface area contributed by atoms with Gasteiger partial charge in [-0.2, -0.15) is 0 Å². The van der Waals surface area contributed by atoms with Crippen LogP contribution in [0.3, 0.4) is 0 Å². The van der Waals surface area contributed by atoms with E-state index in [9.17, 15) is 0 Å². The third kappa shape index (κ3) is 8.69. The van der Waals surface area contributed by atoms with Crippen LogP contribution in [0.25, 0.3) is 0 Å². The Bertz CT molecular complexity index is 601. The molecule has 7 heteroatoms. The van der Waals surface area contributed by atoms with Crippen molar-refractivity contribution < 1.29 is 4.74 Å². The summed E-state index contributed by atoms with van der Waals surface area (Å²) in [7, 11) is 2.14. The lowest BCUT2D eigenvalue weighted by Gasteiger charge is -2.34. The molecule has 2 heterocycles. The number of aliphatic imine (C=N–C) groups is 1. The van der Waals surface area contributed by atoms with Crippen molar-refractivity contribution in [2.45, 2.75) is 26.3 Å². The number of guanidine groups is 1. The Hall–Kier alpha value is -0.900. The zero-order chi connectivity index (χ0) is 20.3. The minimum atomic E-state index is 0. The van der Waals surface area contributed by atoms with Crippen molar-refractivity contribution in [1.82, 2.24) is 20.0 Å². The van der Waals surface area contributed by atoms with Crippen LogP contribution in [0.4, 0.5) is 0 Å². The van der Waals surface area contributed by atoms with E-state index in [0.717, 1.165) is 84.5 Å². The van der Waals surface area contributed by atoms with Crippen molar-refractivity contribution >= 4 is 29.9 Å². The van der Waals surface area contributed by atoms with Gasteiger partial charge in [0.1, 0.15) is 0 Å². The molecule has 0 bridgehead atoms. The molecule has 0 aliphatic carbocycles. The molecule has 0 aromatic heterocycles. The van der Waals surface area contributed by atoms with Crippen LogP contribution in [0.2, 0.25) is 0 Å². The van der Waals surface area contributed by atoms with Crippen molar-refractivity contribution in [3.05, 3.63) is 35.9 Å². The van der Waals surface area contributed by atoms with Crippen LogP contribution < -0.4 is 5.32 Å². The summed E-state index contributed by atoms with van der Waals surface area (Å²) in [5, 5.41) is 3.44. The highest BCUT2D eigenvalue weighted by atomic mass is 127. The molecule has 1 aromatic carbocycles. The highest BCUT2D eigenvalue weighted by Gasteiger charge is 2.19. The molecule has 1 N–H and O–H groups in total. The maximum atomic E-state index is 5.51. The molecule has 0 saturated carbocycles. The minimum absolute atomic E-state index is 0. The second-order valence-electron chi connectivity index (χ2n) is 8.30. The van der Waals surface area contributed by atoms with Gasteiger partial charge >= 0.3 is 0 Å². The lowest BCUT2D eigenvalue weighted by Crippen LogP contribution is -2.46. The van der Waals surface area contributed by atoms with E-state index in [1.807, 2.05) is 0 Å². The third-order valence-electron chi connectivity index (χ3n) is 5.86. The zero-order valence-electron chi connectivity index (χ0n) is 18.8. The molecule has 0 spiro atoms. The molecule has 1 atom stereocenters. The van der Waals surface area contributed by atoms with E-state index in [-0.39, 0.29) is 24.0 Å². The van der Waals surface area contributed by atoms with Crippen LogP contribution in [0.5, 0.6) is 0 Å². The van der Waals surface area contributed by atoms with Crippen molar-refractivity contribution in [1.29, 1.82) is 0 Å². The summed E-state index contributed by atoms with van der Waals surface area (Å²) < 4.78 is 5.51. The van der Waals surface area contributed by atoms with Gasteiger partial charge in [0.05, 0.1) is 6.61 Å². The van der Waals surface area contributed by atoms with Gasteiger partial charge in [-0.15, -0.1) is 24.0 Å². The zero-order valence-corrected chi connectivity index (χ0v) is 21.1. The first-order valence-electron chi connectivity index (χ1n) is 11.3. The summed E-state index contributed by atoms with van der Waals surface area (Å²) in [4.78, 5) is 12.3. The number of ether oxygens (including phenoxy) is 1. The predicted octanol–water partition coefficient (Wildman–Crippen LogP) is 2.75. The van der Waals surface area contributed by atoms with E-state index in [0.29, 0.717) is 5.92 Å². The molecule has 2 fully saturated rings. The molecular formula is C23H40IN5O. The molecule has 1 unspecified atom stereocenters. The first kappa shape index (κ1) is 25.4. The molecule has 30 heavy (non-hydrogen) atoms. The predicted molar refractivity (Wildman–Crippen MR) is 136 cm³/mol. The Morgan fingerprint density at radius 1 is 1.17 bits per heavy atom. The summed E-state index contributed by atoms with van der Waals surface area (Å²) >= 11 is 0. The Morgan fingerprint density at radius 2 is 1.90 bits per heavy atom. The van der Waals surface area contributed by atoms with Gasteiger partial charge in [-0.1, -0.05) is 30.3 Å². The fraction of sp³-hybridized carbons (Fsp3) is 0.696. The maximum Gasteiger partial charge on any atom is 0.193 e. The molecule has 2 saturated heterocycles. The number of hydrogen-bond acceptors (Lipinski definition) is 4. The summed E-state index contributed by atoms with van der Waals surface area (Å²) in [6.07, 6.45) is 2.29. The summed E-state index contributed by atoms with van der Waals surface area (Å²) in [5.74, 6) is 1.67. The van der Waals surface area contributed by atoms with Crippen molar-refractivity contribution in [3.8, 4) is 0 Å². The summed E-state index contributed by atoms with van der Waals surface area (Å²) in [5.41, 5.74) is 1.42. The van der Waals surface area contributed by atoms with Crippen LogP contribution in [0.1, 0.15) is 25.3 Å². The molecule has 0 radical (unpaired) electrons. The number of nitrogens with one attached hydrogen (secondary N) is 1. The van der Waals surface area contributed by atoms with Crippen molar-refractivity contribution in [3.63, 3.8) is 0 Å². The van der Waals surface area contributed by atoms with E-state index >= 15 is 0 Å². The largest absolute Gasteiger partial charge is 0.381 e. The first-order valence-corrected chi connectivity index (χ1v) is 11.3. The van der Waals surface area contributed by atoms with Gasteiger partial charge in [0.25, 0.3) is 0 Å². The average Bonchev–Trinajstić information content (AvgIpc) is 3.25. The number of benzene rings is 1. The van der Waals surface area contributed by atoms with Crippen LogP contribution in [0, 0.1) is 5.92 Å². The number of rotatable bonds is 9. The van der Waals surface area contributed by atoms with Gasteiger partial charge in [-0.25, -0.2) is 0 Å². The van der Waals surface area contributed by atoms with Gasteiger partial charge in [0.15, 0.2) is 5.96 Å². The topological polar surface area (TPSA) is 43.3 Å². The Morgan fingerprint density at radius 3 is 2.57 bits per heavy atom. The highest BCUT2D eigenvalue weighted by Crippen LogP contribution is 2.13. The van der Waals surface area contributed by atoms with Gasteiger partial charge in [-0.05, 0) is 25.3 Å². The third-order valence-corrected chi connectivity index (χ3v) is 5.86. The average molecular weight is 530 g/mol. The number of hydrogen-bond donors (Lipinski definition) is 1. The minimum Gasteiger partial charge on any atom is -0.381 e. The Kier molecular flexibility index (Phi) is 12.0. The normalized spacial score (nSPS) is 20.7. The fourth-order valence-electron chi connectivity index (χ4n) is 4.16. The van der Waals surface area contributed by atoms with Crippen LogP contribution in [-0.2, 0) is 11.3 Å². The van der Waals surface area contributed by atoms with Crippen molar-refractivity contribution in [2.75, 3.05) is 72.6 Å². The molecule has 2 aliphatic heterocycles. The molecular weight excluding hydrogens is 489 g/mol. The van der Waals surface area contributed by atoms with E-state index < -0.39 is 0 Å². The van der Waals surface area contributed by atoms with E-state index in [1.54, 1.807) is 0 Å². The lowest BCUT2D eigenvalue weighted by atomic mass is 10.1. The van der Waals surface area contributed by atoms with Crippen molar-refractivity contribution in [2.24, 2.45) is 10.9 Å². The van der Waals surface area contributed by atoms with E-state index in [2.05, 4.69) is 64.3 Å². The molecule has 0 amide bonds. The van der Waals surface area contributed by atoms with Gasteiger partial charge in [0.2, 0.25) is 0 Å². The first-order chi connectivity index (χ1) is 14.2. The molecule has 3 rings (SSSR count). The molecule has 170 valence electrons. The Balaban J connectivity index is 0.00000320. The second-order valence-corrected chi connectivity index (χ2v) is 8.30. The van der Waals surface area contributed by atoms with Crippen LogP contribution >= 0.6 is 24.0 Å². The standard InChI is InChI=1S/C23H39N5O.HI/c1-3-24-23(26(2)18-22-10-17-29-20-22)25-11-7-12-27-13-15-28(16-14-27)19-21-8-5-4-6-9-21;/h4-6,8-9,22H,3,7,10-20H2,1-2H3,(H,24,25);1H. The number of piperazine rings is 1. The number of nitrogens with zero attached hydrogens (tertiary/aromatic N) is 4. The SMILES string of the molecule is CCNC(=NCCCN1CCN(Cc2ccccc2)CC1)N(C)CC1CCOC1.I.